The fourth-order valence-corrected chi connectivity index (χ4v) is 1.50. The van der Waals surface area contributed by atoms with Crippen LogP contribution in [0.25, 0.3) is 0 Å². The standard InChI is InChI=1S/C6H15N2S.HI/c1-7(2)6(9-5)8(3)4;/h1-5H3;1H/q+1;/p-1. The van der Waals surface area contributed by atoms with Crippen molar-refractivity contribution in [3.63, 3.8) is 0 Å². The number of hydrogen-bond acceptors (Lipinski definition) is 1. The second-order valence-corrected chi connectivity index (χ2v) is 3.05. The molecule has 0 aliphatic rings. The van der Waals surface area contributed by atoms with E-state index in [1.165, 1.54) is 5.17 Å². The summed E-state index contributed by atoms with van der Waals surface area (Å²) >= 11 is 1.75. The van der Waals surface area contributed by atoms with Crippen LogP contribution in [0.1, 0.15) is 0 Å². The van der Waals surface area contributed by atoms with Gasteiger partial charge in [-0.15, -0.1) is 0 Å². The van der Waals surface area contributed by atoms with Gasteiger partial charge in [0, 0.05) is 0 Å². The summed E-state index contributed by atoms with van der Waals surface area (Å²) in [6.07, 6.45) is 2.08. The Hall–Kier alpha value is 0.550. The first-order valence-electron chi connectivity index (χ1n) is 2.85. The number of amidine groups is 1. The summed E-state index contributed by atoms with van der Waals surface area (Å²) < 4.78 is 2.10. The molecule has 0 unspecified atom stereocenters. The molecule has 2 nitrogen and oxygen atoms in total. The molecule has 0 heterocycles. The van der Waals surface area contributed by atoms with Gasteiger partial charge in [0.25, 0.3) is 0 Å². The Balaban J connectivity index is 0. The molecule has 0 rings (SSSR count). The van der Waals surface area contributed by atoms with E-state index in [1.54, 1.807) is 11.8 Å². The molecule has 0 aromatic rings. The van der Waals surface area contributed by atoms with Crippen molar-refractivity contribution in [2.24, 2.45) is 0 Å². The molecular weight excluding hydrogens is 259 g/mol. The van der Waals surface area contributed by atoms with Crippen molar-refractivity contribution in [2.45, 2.75) is 0 Å². The molecule has 10 heavy (non-hydrogen) atoms. The zero-order valence-electron chi connectivity index (χ0n) is 7.18. The molecule has 0 aliphatic carbocycles. The van der Waals surface area contributed by atoms with Crippen LogP contribution in [0, 0.1) is 0 Å². The molecule has 0 fully saturated rings. The third-order valence-corrected chi connectivity index (χ3v) is 2.04. The Bertz CT molecular complexity index is 119. The summed E-state index contributed by atoms with van der Waals surface area (Å²) in [5, 5.41) is 1.27. The summed E-state index contributed by atoms with van der Waals surface area (Å²) in [4.78, 5) is 2.10. The lowest BCUT2D eigenvalue weighted by Gasteiger charge is -2.07. The minimum atomic E-state index is 0. The number of hydrogen-bond donors (Lipinski definition) is 0. The highest BCUT2D eigenvalue weighted by molar-refractivity contribution is 8.12. The van der Waals surface area contributed by atoms with Gasteiger partial charge in [0.1, 0.15) is 0 Å². The smallest absolute Gasteiger partial charge is 0.307 e. The molecule has 4 heteroatoms. The maximum Gasteiger partial charge on any atom is 0.307 e. The Labute approximate surface area is 84.7 Å². The molecule has 0 bridgehead atoms. The Morgan fingerprint density at radius 3 is 1.70 bits per heavy atom. The maximum atomic E-state index is 2.10. The van der Waals surface area contributed by atoms with Crippen molar-refractivity contribution in [3.05, 3.63) is 0 Å². The number of rotatable bonds is 0. The molecule has 0 spiro atoms. The minimum Gasteiger partial charge on any atom is -1.00 e. The Kier molecular flexibility index (Phi) is 8.26. The SMILES string of the molecule is CSC(N(C)C)=[N+](C)C.[I-]. The molecule has 62 valence electrons. The summed E-state index contributed by atoms with van der Waals surface area (Å²) in [6, 6.07) is 0. The highest BCUT2D eigenvalue weighted by Crippen LogP contribution is 1.97. The van der Waals surface area contributed by atoms with Gasteiger partial charge in [-0.25, -0.2) is 0 Å². The second kappa shape index (κ2) is 6.27. The van der Waals surface area contributed by atoms with E-state index in [0.717, 1.165) is 0 Å². The fraction of sp³-hybridized carbons (Fsp3) is 0.833. The number of halogens is 1. The zero-order valence-corrected chi connectivity index (χ0v) is 10.2. The van der Waals surface area contributed by atoms with Gasteiger partial charge in [0.2, 0.25) is 0 Å². The van der Waals surface area contributed by atoms with E-state index in [0.29, 0.717) is 0 Å². The fourth-order valence-electron chi connectivity index (χ4n) is 0.765. The highest BCUT2D eigenvalue weighted by Gasteiger charge is 2.07. The number of nitrogens with zero attached hydrogens (tertiary/aromatic N) is 2. The van der Waals surface area contributed by atoms with Gasteiger partial charge in [-0.3, -0.25) is 9.48 Å². The van der Waals surface area contributed by atoms with E-state index in [-0.39, 0.29) is 24.0 Å². The van der Waals surface area contributed by atoms with Crippen molar-refractivity contribution in [1.29, 1.82) is 0 Å². The summed E-state index contributed by atoms with van der Waals surface area (Å²) in [7, 11) is 8.19. The Morgan fingerprint density at radius 2 is 1.70 bits per heavy atom. The van der Waals surface area contributed by atoms with Crippen LogP contribution >= 0.6 is 11.8 Å². The van der Waals surface area contributed by atoms with Gasteiger partial charge < -0.3 is 24.0 Å². The van der Waals surface area contributed by atoms with Crippen molar-refractivity contribution >= 4 is 16.9 Å². The molecule has 0 amide bonds. The average molecular weight is 274 g/mol. The van der Waals surface area contributed by atoms with Gasteiger partial charge in [-0.1, -0.05) is 0 Å². The summed E-state index contributed by atoms with van der Waals surface area (Å²) in [5.41, 5.74) is 0. The Morgan fingerprint density at radius 1 is 1.30 bits per heavy atom. The van der Waals surface area contributed by atoms with Gasteiger partial charge in [-0.2, -0.15) is 0 Å². The lowest BCUT2D eigenvalue weighted by Crippen LogP contribution is -3.00. The van der Waals surface area contributed by atoms with Gasteiger partial charge in [-0.05, 0) is 18.0 Å². The van der Waals surface area contributed by atoms with Crippen molar-refractivity contribution in [3.8, 4) is 0 Å². The van der Waals surface area contributed by atoms with Crippen molar-refractivity contribution < 1.29 is 28.6 Å². The van der Waals surface area contributed by atoms with Crippen LogP contribution in [0.4, 0.5) is 0 Å². The predicted molar refractivity (Wildman–Crippen MR) is 44.3 cm³/mol. The largest absolute Gasteiger partial charge is 1.00 e. The van der Waals surface area contributed by atoms with Crippen LogP contribution in [0.3, 0.4) is 0 Å². The van der Waals surface area contributed by atoms with Crippen LogP contribution < -0.4 is 24.0 Å². The van der Waals surface area contributed by atoms with E-state index in [2.05, 4.69) is 15.7 Å². The molecule has 0 aromatic heterocycles. The maximum absolute atomic E-state index is 2.10. The van der Waals surface area contributed by atoms with Crippen molar-refractivity contribution in [1.82, 2.24) is 4.90 Å². The quantitative estimate of drug-likeness (QED) is 0.209. The van der Waals surface area contributed by atoms with E-state index >= 15 is 0 Å². The van der Waals surface area contributed by atoms with Crippen LogP contribution in [-0.4, -0.2) is 49.1 Å². The first kappa shape index (κ1) is 13.2. The lowest BCUT2D eigenvalue weighted by atomic mass is 10.9. The molecule has 0 saturated heterocycles. The minimum absolute atomic E-state index is 0. The van der Waals surface area contributed by atoms with E-state index in [1.807, 2.05) is 28.2 Å². The topological polar surface area (TPSA) is 6.25 Å². The van der Waals surface area contributed by atoms with E-state index in [4.69, 9.17) is 0 Å². The lowest BCUT2D eigenvalue weighted by molar-refractivity contribution is -0.466. The molecular formula is C6H15IN2S. The van der Waals surface area contributed by atoms with Crippen LogP contribution in [0.2, 0.25) is 0 Å². The van der Waals surface area contributed by atoms with Gasteiger partial charge in [0.05, 0.1) is 28.2 Å². The molecule has 0 radical (unpaired) electrons. The highest BCUT2D eigenvalue weighted by atomic mass is 127. The molecule has 0 saturated carbocycles. The second-order valence-electron chi connectivity index (χ2n) is 2.28. The molecule has 0 aromatic carbocycles. The average Bonchev–Trinajstić information content (AvgIpc) is 1.64. The third-order valence-electron chi connectivity index (χ3n) is 0.948. The van der Waals surface area contributed by atoms with Crippen LogP contribution in [-0.2, 0) is 0 Å². The molecule has 0 atom stereocenters. The third kappa shape index (κ3) is 4.38. The normalized spacial score (nSPS) is 8.10. The monoisotopic (exact) mass is 274 g/mol. The first-order valence-corrected chi connectivity index (χ1v) is 4.07. The molecule has 0 N–H and O–H groups in total. The summed E-state index contributed by atoms with van der Waals surface area (Å²) in [6.45, 7) is 0. The van der Waals surface area contributed by atoms with Crippen molar-refractivity contribution in [2.75, 3.05) is 34.4 Å². The van der Waals surface area contributed by atoms with Gasteiger partial charge in [0.15, 0.2) is 0 Å². The van der Waals surface area contributed by atoms with Crippen LogP contribution in [0.15, 0.2) is 0 Å². The zero-order chi connectivity index (χ0) is 7.44. The van der Waals surface area contributed by atoms with Gasteiger partial charge >= 0.3 is 5.17 Å². The predicted octanol–water partition coefficient (Wildman–Crippen LogP) is -2.46. The van der Waals surface area contributed by atoms with E-state index < -0.39 is 0 Å². The summed E-state index contributed by atoms with van der Waals surface area (Å²) in [5.74, 6) is 0. The number of thioether (sulfide) groups is 1. The first-order chi connectivity index (χ1) is 4.09. The molecule has 0 aliphatic heterocycles. The van der Waals surface area contributed by atoms with E-state index in [9.17, 15) is 0 Å². The van der Waals surface area contributed by atoms with Crippen LogP contribution in [0.5, 0.6) is 0 Å².